The van der Waals surface area contributed by atoms with E-state index in [1.165, 1.54) is 16.4 Å². The van der Waals surface area contributed by atoms with Crippen molar-refractivity contribution in [3.63, 3.8) is 0 Å². The van der Waals surface area contributed by atoms with Gasteiger partial charge in [0.1, 0.15) is 16.7 Å². The topological polar surface area (TPSA) is 108 Å². The number of halogens is 1. The molecule has 8 nitrogen and oxygen atoms in total. The van der Waals surface area contributed by atoms with Gasteiger partial charge in [-0.2, -0.15) is 14.7 Å². The van der Waals surface area contributed by atoms with Gasteiger partial charge in [0.15, 0.2) is 5.71 Å². The molecule has 140 valence electrons. The largest absolute Gasteiger partial charge is 0.379 e. The summed E-state index contributed by atoms with van der Waals surface area (Å²) in [6.45, 7) is 1.23. The molecule has 1 fully saturated rings. The minimum absolute atomic E-state index is 0.0254. The van der Waals surface area contributed by atoms with Gasteiger partial charge in [-0.3, -0.25) is 10.4 Å². The van der Waals surface area contributed by atoms with Gasteiger partial charge >= 0.3 is 0 Å². The standard InChI is InChI=1S/C17H16ClN5O3S/c18-14-5-4-13(21-22-16(12-19)15-3-1-2-6-20-15)11-17(14)27(24,25)23-7-9-26-10-8-23/h1-6,11,21H,7-10H2/b22-16-. The number of ether oxygens (including phenoxy) is 1. The number of nitriles is 1. The van der Waals surface area contributed by atoms with Crippen LogP contribution in [-0.4, -0.2) is 49.7 Å². The van der Waals surface area contributed by atoms with Crippen molar-refractivity contribution in [3.8, 4) is 6.07 Å². The van der Waals surface area contributed by atoms with Gasteiger partial charge in [0.2, 0.25) is 10.0 Å². The fourth-order valence-electron chi connectivity index (χ4n) is 2.46. The zero-order chi connectivity index (χ0) is 19.3. The number of benzene rings is 1. The van der Waals surface area contributed by atoms with Crippen LogP contribution in [0, 0.1) is 11.3 Å². The number of rotatable bonds is 5. The lowest BCUT2D eigenvalue weighted by Gasteiger charge is -2.26. The van der Waals surface area contributed by atoms with Crippen molar-refractivity contribution in [2.45, 2.75) is 4.90 Å². The second-order valence-corrected chi connectivity index (χ2v) is 7.87. The van der Waals surface area contributed by atoms with Crippen LogP contribution in [0.15, 0.2) is 52.6 Å². The Bertz CT molecular complexity index is 983. The summed E-state index contributed by atoms with van der Waals surface area (Å²) >= 11 is 6.12. The number of pyridine rings is 1. The third-order valence-electron chi connectivity index (χ3n) is 3.83. The zero-order valence-electron chi connectivity index (χ0n) is 14.2. The van der Waals surface area contributed by atoms with E-state index in [-0.39, 0.29) is 28.7 Å². The first kappa shape index (κ1) is 19.3. The lowest BCUT2D eigenvalue weighted by molar-refractivity contribution is 0.0730. The maximum atomic E-state index is 12.8. The molecule has 27 heavy (non-hydrogen) atoms. The van der Waals surface area contributed by atoms with Crippen LogP contribution in [-0.2, 0) is 14.8 Å². The Morgan fingerprint density at radius 3 is 2.74 bits per heavy atom. The maximum absolute atomic E-state index is 12.8. The smallest absolute Gasteiger partial charge is 0.244 e. The average molecular weight is 406 g/mol. The number of nitrogens with one attached hydrogen (secondary N) is 1. The summed E-state index contributed by atoms with van der Waals surface area (Å²) in [7, 11) is -3.76. The minimum atomic E-state index is -3.76. The molecule has 10 heteroatoms. The number of aromatic nitrogens is 1. The van der Waals surface area contributed by atoms with E-state index >= 15 is 0 Å². The predicted octanol–water partition coefficient (Wildman–Crippen LogP) is 2.10. The van der Waals surface area contributed by atoms with Crippen LogP contribution in [0.5, 0.6) is 0 Å². The Morgan fingerprint density at radius 1 is 1.30 bits per heavy atom. The van der Waals surface area contributed by atoms with Crippen LogP contribution >= 0.6 is 11.6 Å². The highest BCUT2D eigenvalue weighted by Gasteiger charge is 2.28. The molecule has 0 aliphatic carbocycles. The minimum Gasteiger partial charge on any atom is -0.379 e. The highest BCUT2D eigenvalue weighted by molar-refractivity contribution is 7.89. The molecule has 3 rings (SSSR count). The molecule has 1 N–H and O–H groups in total. The summed E-state index contributed by atoms with van der Waals surface area (Å²) in [5.41, 5.74) is 3.56. The Labute approximate surface area is 162 Å². The molecule has 1 aliphatic rings. The van der Waals surface area contributed by atoms with Gasteiger partial charge < -0.3 is 4.74 Å². The molecule has 0 bridgehead atoms. The second-order valence-electron chi connectivity index (χ2n) is 5.56. The van der Waals surface area contributed by atoms with Gasteiger partial charge in [-0.25, -0.2) is 8.42 Å². The van der Waals surface area contributed by atoms with Gasteiger partial charge in [-0.1, -0.05) is 17.7 Å². The first-order chi connectivity index (χ1) is 13.0. The van der Waals surface area contributed by atoms with Crippen molar-refractivity contribution in [1.29, 1.82) is 5.26 Å². The quantitative estimate of drug-likeness (QED) is 0.602. The third-order valence-corrected chi connectivity index (χ3v) is 6.21. The number of sulfonamides is 1. The first-order valence-corrected chi connectivity index (χ1v) is 9.87. The Balaban J connectivity index is 1.87. The van der Waals surface area contributed by atoms with E-state index in [4.69, 9.17) is 16.3 Å². The predicted molar refractivity (Wildman–Crippen MR) is 101 cm³/mol. The summed E-state index contributed by atoms with van der Waals surface area (Å²) < 4.78 is 32.2. The van der Waals surface area contributed by atoms with Gasteiger partial charge in [0.05, 0.1) is 23.9 Å². The lowest BCUT2D eigenvalue weighted by Crippen LogP contribution is -2.40. The van der Waals surface area contributed by atoms with Crippen molar-refractivity contribution in [3.05, 3.63) is 53.3 Å². The third kappa shape index (κ3) is 4.43. The SMILES string of the molecule is N#C/C(=N/Nc1ccc(Cl)c(S(=O)(=O)N2CCOCC2)c1)c1ccccn1. The monoisotopic (exact) mass is 405 g/mol. The molecule has 2 aromatic rings. The summed E-state index contributed by atoms with van der Waals surface area (Å²) in [5, 5.41) is 13.4. The van der Waals surface area contributed by atoms with Gasteiger partial charge in [0.25, 0.3) is 0 Å². The van der Waals surface area contributed by atoms with Crippen LogP contribution in [0.2, 0.25) is 5.02 Å². The van der Waals surface area contributed by atoms with Gasteiger partial charge in [0, 0.05) is 19.3 Å². The molecular weight excluding hydrogens is 390 g/mol. The van der Waals surface area contributed by atoms with E-state index in [9.17, 15) is 13.7 Å². The zero-order valence-corrected chi connectivity index (χ0v) is 15.7. The van der Waals surface area contributed by atoms with Crippen LogP contribution in [0.4, 0.5) is 5.69 Å². The van der Waals surface area contributed by atoms with Crippen molar-refractivity contribution >= 4 is 33.0 Å². The molecule has 0 radical (unpaired) electrons. The highest BCUT2D eigenvalue weighted by atomic mass is 35.5. The highest BCUT2D eigenvalue weighted by Crippen LogP contribution is 2.28. The maximum Gasteiger partial charge on any atom is 0.244 e. The van der Waals surface area contributed by atoms with E-state index in [0.29, 0.717) is 24.6 Å². The molecule has 0 atom stereocenters. The van der Waals surface area contributed by atoms with E-state index in [1.807, 2.05) is 6.07 Å². The van der Waals surface area contributed by atoms with Gasteiger partial charge in [-0.05, 0) is 30.3 Å². The molecule has 1 aromatic carbocycles. The van der Waals surface area contributed by atoms with E-state index in [2.05, 4.69) is 15.5 Å². The van der Waals surface area contributed by atoms with E-state index < -0.39 is 10.0 Å². The summed E-state index contributed by atoms with van der Waals surface area (Å²) in [4.78, 5) is 4.04. The molecule has 2 heterocycles. The molecule has 0 spiro atoms. The fraction of sp³-hybridized carbons (Fsp3) is 0.235. The van der Waals surface area contributed by atoms with E-state index in [1.54, 1.807) is 30.5 Å². The van der Waals surface area contributed by atoms with Crippen molar-refractivity contribution in [2.75, 3.05) is 31.7 Å². The summed E-state index contributed by atoms with van der Waals surface area (Å²) in [5.74, 6) is 0. The van der Waals surface area contributed by atoms with Crippen LogP contribution in [0.3, 0.4) is 0 Å². The number of hydrogen-bond donors (Lipinski definition) is 1. The lowest BCUT2D eigenvalue weighted by atomic mass is 10.2. The number of hydrazone groups is 1. The van der Waals surface area contributed by atoms with Gasteiger partial charge in [-0.15, -0.1) is 0 Å². The Kier molecular flexibility index (Phi) is 6.03. The Morgan fingerprint density at radius 2 is 2.07 bits per heavy atom. The van der Waals surface area contributed by atoms with Crippen molar-refractivity contribution in [2.24, 2.45) is 5.10 Å². The number of anilines is 1. The van der Waals surface area contributed by atoms with Crippen LogP contribution in [0.25, 0.3) is 0 Å². The number of nitrogens with zero attached hydrogens (tertiary/aromatic N) is 4. The molecule has 0 amide bonds. The second kappa shape index (κ2) is 8.45. The molecule has 0 unspecified atom stereocenters. The molecular formula is C17H16ClN5O3S. The normalized spacial score (nSPS) is 15.9. The van der Waals surface area contributed by atoms with Crippen LogP contribution < -0.4 is 5.43 Å². The summed E-state index contributed by atoms with van der Waals surface area (Å²) in [6.07, 6.45) is 1.55. The fourth-order valence-corrected chi connectivity index (χ4v) is 4.37. The number of morpholine rings is 1. The van der Waals surface area contributed by atoms with Crippen molar-refractivity contribution in [1.82, 2.24) is 9.29 Å². The molecule has 1 saturated heterocycles. The van der Waals surface area contributed by atoms with Crippen LogP contribution in [0.1, 0.15) is 5.69 Å². The average Bonchev–Trinajstić information content (AvgIpc) is 2.71. The van der Waals surface area contributed by atoms with E-state index in [0.717, 1.165) is 0 Å². The Hall–Kier alpha value is -2.51. The molecule has 1 aliphatic heterocycles. The molecule has 0 saturated carbocycles. The number of hydrogen-bond acceptors (Lipinski definition) is 7. The van der Waals surface area contributed by atoms with Crippen molar-refractivity contribution < 1.29 is 13.2 Å². The molecule has 1 aromatic heterocycles. The first-order valence-electron chi connectivity index (χ1n) is 8.05. The summed E-state index contributed by atoms with van der Waals surface area (Å²) in [6, 6.07) is 11.5.